The molecule has 0 unspecified atom stereocenters. The number of amides is 1. The van der Waals surface area contributed by atoms with E-state index in [2.05, 4.69) is 73.5 Å². The van der Waals surface area contributed by atoms with Crippen LogP contribution in [-0.2, 0) is 4.79 Å². The number of hydrogen-bond donors (Lipinski definition) is 3. The van der Waals surface area contributed by atoms with Crippen molar-refractivity contribution in [2.45, 2.75) is 26.2 Å². The van der Waals surface area contributed by atoms with Gasteiger partial charge in [-0.15, -0.1) is 0 Å². The molecule has 1 amide bonds. The first-order chi connectivity index (χ1) is 18.6. The number of aromatic nitrogens is 5. The standard InChI is InChI=1S/C29H32N8O/c1-3-4-8-27(38)31-20-15-19(17-30-18-20)22-9-10-24-28(33-22)29(35-34-24)25-16-21-23(32-25)6-5-7-26(21)37-13-11-36(2)12-14-37/h5-7,9-10,15-18,32H,3-4,8,11-14H2,1-2H3,(H,31,38)(H,34,35). The Morgan fingerprint density at radius 1 is 1.05 bits per heavy atom. The Kier molecular flexibility index (Phi) is 6.51. The van der Waals surface area contributed by atoms with Crippen molar-refractivity contribution in [1.82, 2.24) is 30.0 Å². The number of hydrogen-bond acceptors (Lipinski definition) is 6. The van der Waals surface area contributed by atoms with Gasteiger partial charge in [-0.05, 0) is 49.9 Å². The number of unbranched alkanes of at least 4 members (excludes halogenated alkanes) is 1. The number of pyridine rings is 2. The molecule has 0 aliphatic carbocycles. The predicted octanol–water partition coefficient (Wildman–Crippen LogP) is 5.05. The molecule has 0 atom stereocenters. The highest BCUT2D eigenvalue weighted by atomic mass is 16.1. The van der Waals surface area contributed by atoms with Crippen LogP contribution in [0.1, 0.15) is 26.2 Å². The zero-order valence-electron chi connectivity index (χ0n) is 21.8. The highest BCUT2D eigenvalue weighted by Gasteiger charge is 2.19. The molecular formula is C29H32N8O. The predicted molar refractivity (Wildman–Crippen MR) is 152 cm³/mol. The zero-order valence-corrected chi connectivity index (χ0v) is 21.8. The maximum Gasteiger partial charge on any atom is 0.224 e. The van der Waals surface area contributed by atoms with Crippen LogP contribution in [0.3, 0.4) is 0 Å². The van der Waals surface area contributed by atoms with Crippen molar-refractivity contribution in [2.75, 3.05) is 43.4 Å². The largest absolute Gasteiger partial charge is 0.368 e. The number of H-pyrrole nitrogens is 2. The van der Waals surface area contributed by atoms with E-state index in [4.69, 9.17) is 4.98 Å². The van der Waals surface area contributed by atoms with Crippen LogP contribution in [-0.4, -0.2) is 69.2 Å². The lowest BCUT2D eigenvalue weighted by Gasteiger charge is -2.34. The van der Waals surface area contributed by atoms with Crippen molar-refractivity contribution in [1.29, 1.82) is 0 Å². The number of anilines is 2. The molecular weight excluding hydrogens is 476 g/mol. The average Bonchev–Trinajstić information content (AvgIpc) is 3.56. The van der Waals surface area contributed by atoms with Gasteiger partial charge in [-0.3, -0.25) is 14.9 Å². The summed E-state index contributed by atoms with van der Waals surface area (Å²) in [5.74, 6) is 0.00101. The minimum Gasteiger partial charge on any atom is -0.368 e. The highest BCUT2D eigenvalue weighted by Crippen LogP contribution is 2.34. The van der Waals surface area contributed by atoms with Gasteiger partial charge in [0.25, 0.3) is 0 Å². The summed E-state index contributed by atoms with van der Waals surface area (Å²) in [5, 5.41) is 11.9. The molecule has 9 nitrogen and oxygen atoms in total. The van der Waals surface area contributed by atoms with Crippen LogP contribution < -0.4 is 10.2 Å². The molecule has 3 N–H and O–H groups in total. The van der Waals surface area contributed by atoms with E-state index in [-0.39, 0.29) is 5.91 Å². The van der Waals surface area contributed by atoms with Crippen LogP contribution >= 0.6 is 0 Å². The molecule has 194 valence electrons. The van der Waals surface area contributed by atoms with Gasteiger partial charge in [-0.2, -0.15) is 5.10 Å². The van der Waals surface area contributed by atoms with E-state index >= 15 is 0 Å². The Morgan fingerprint density at radius 3 is 2.76 bits per heavy atom. The number of benzene rings is 1. The molecule has 0 spiro atoms. The van der Waals surface area contributed by atoms with Crippen molar-refractivity contribution in [3.8, 4) is 22.6 Å². The lowest BCUT2D eigenvalue weighted by atomic mass is 10.1. The van der Waals surface area contributed by atoms with Gasteiger partial charge < -0.3 is 20.1 Å². The average molecular weight is 509 g/mol. The third-order valence-corrected chi connectivity index (χ3v) is 7.22. The van der Waals surface area contributed by atoms with Crippen molar-refractivity contribution in [3.05, 3.63) is 54.9 Å². The highest BCUT2D eigenvalue weighted by molar-refractivity contribution is 5.99. The SMILES string of the molecule is CCCCC(=O)Nc1cncc(-c2ccc3[nH]nc(-c4cc5c(N6CCN(C)CC6)cccc5[nH]4)c3n2)c1. The van der Waals surface area contributed by atoms with E-state index in [0.717, 1.165) is 78.2 Å². The second-order valence-corrected chi connectivity index (χ2v) is 9.99. The molecule has 9 heteroatoms. The maximum absolute atomic E-state index is 12.2. The molecule has 0 saturated carbocycles. The Hall–Kier alpha value is -4.24. The summed E-state index contributed by atoms with van der Waals surface area (Å²) in [7, 11) is 2.17. The molecule has 4 aromatic heterocycles. The van der Waals surface area contributed by atoms with Gasteiger partial charge in [0.05, 0.1) is 28.8 Å². The number of nitrogens with zero attached hydrogens (tertiary/aromatic N) is 5. The summed E-state index contributed by atoms with van der Waals surface area (Å²) < 4.78 is 0. The fourth-order valence-electron chi connectivity index (χ4n) is 5.05. The summed E-state index contributed by atoms with van der Waals surface area (Å²) in [6.45, 7) is 6.21. The Balaban J connectivity index is 1.33. The van der Waals surface area contributed by atoms with Gasteiger partial charge in [0.15, 0.2) is 0 Å². The summed E-state index contributed by atoms with van der Waals surface area (Å²) in [4.78, 5) is 29.9. The number of piperazine rings is 1. The third kappa shape index (κ3) is 4.72. The number of aromatic amines is 2. The number of likely N-dealkylation sites (N-methyl/N-ethyl adjacent to an activating group) is 1. The molecule has 5 heterocycles. The number of carbonyl (C=O) groups is 1. The first-order valence-electron chi connectivity index (χ1n) is 13.2. The molecule has 5 aromatic rings. The zero-order chi connectivity index (χ0) is 26.1. The first kappa shape index (κ1) is 24.1. The van der Waals surface area contributed by atoms with Crippen molar-refractivity contribution < 1.29 is 4.79 Å². The van der Waals surface area contributed by atoms with Crippen molar-refractivity contribution in [2.24, 2.45) is 0 Å². The van der Waals surface area contributed by atoms with E-state index in [1.807, 2.05) is 18.2 Å². The minimum atomic E-state index is 0.00101. The second kappa shape index (κ2) is 10.3. The Bertz CT molecular complexity index is 1600. The lowest BCUT2D eigenvalue weighted by Crippen LogP contribution is -2.44. The number of fused-ring (bicyclic) bond motifs is 2. The molecule has 38 heavy (non-hydrogen) atoms. The second-order valence-electron chi connectivity index (χ2n) is 9.99. The maximum atomic E-state index is 12.2. The van der Waals surface area contributed by atoms with Crippen LogP contribution in [0.4, 0.5) is 11.4 Å². The molecule has 1 fully saturated rings. The van der Waals surface area contributed by atoms with Gasteiger partial charge in [0.2, 0.25) is 5.91 Å². The summed E-state index contributed by atoms with van der Waals surface area (Å²) >= 11 is 0. The summed E-state index contributed by atoms with van der Waals surface area (Å²) in [6, 6.07) is 14.4. The summed E-state index contributed by atoms with van der Waals surface area (Å²) in [5.41, 5.74) is 7.95. The molecule has 1 saturated heterocycles. The third-order valence-electron chi connectivity index (χ3n) is 7.22. The van der Waals surface area contributed by atoms with E-state index in [0.29, 0.717) is 12.1 Å². The normalized spacial score (nSPS) is 14.4. The van der Waals surface area contributed by atoms with Gasteiger partial charge in [-0.25, -0.2) is 4.98 Å². The first-order valence-corrected chi connectivity index (χ1v) is 13.2. The van der Waals surface area contributed by atoms with Gasteiger partial charge in [0.1, 0.15) is 11.2 Å². The fourth-order valence-corrected chi connectivity index (χ4v) is 5.05. The minimum absolute atomic E-state index is 0.00101. The Morgan fingerprint density at radius 2 is 1.92 bits per heavy atom. The van der Waals surface area contributed by atoms with E-state index in [9.17, 15) is 4.79 Å². The van der Waals surface area contributed by atoms with E-state index in [1.54, 1.807) is 12.4 Å². The molecule has 0 radical (unpaired) electrons. The van der Waals surface area contributed by atoms with Crippen LogP contribution in [0.25, 0.3) is 44.6 Å². The topological polar surface area (TPSA) is 106 Å². The molecule has 6 rings (SSSR count). The van der Waals surface area contributed by atoms with E-state index in [1.165, 1.54) is 11.1 Å². The van der Waals surface area contributed by atoms with Crippen molar-refractivity contribution in [3.63, 3.8) is 0 Å². The number of nitrogens with one attached hydrogen (secondary N) is 3. The molecule has 1 aromatic carbocycles. The Labute approximate surface area is 221 Å². The van der Waals surface area contributed by atoms with E-state index < -0.39 is 0 Å². The van der Waals surface area contributed by atoms with Gasteiger partial charge in [0, 0.05) is 61.0 Å². The number of rotatable bonds is 7. The summed E-state index contributed by atoms with van der Waals surface area (Å²) in [6.07, 6.45) is 5.78. The molecule has 1 aliphatic rings. The van der Waals surface area contributed by atoms with Crippen LogP contribution in [0.15, 0.2) is 54.9 Å². The van der Waals surface area contributed by atoms with Crippen LogP contribution in [0.5, 0.6) is 0 Å². The quantitative estimate of drug-likeness (QED) is 0.284. The van der Waals surface area contributed by atoms with Crippen molar-refractivity contribution >= 4 is 39.2 Å². The van der Waals surface area contributed by atoms with Gasteiger partial charge in [-0.1, -0.05) is 19.4 Å². The fraction of sp³-hybridized carbons (Fsp3) is 0.310. The number of carbonyl (C=O) groups excluding carboxylic acids is 1. The van der Waals surface area contributed by atoms with Gasteiger partial charge >= 0.3 is 0 Å². The molecule has 1 aliphatic heterocycles. The van der Waals surface area contributed by atoms with Crippen LogP contribution in [0, 0.1) is 0 Å². The van der Waals surface area contributed by atoms with Crippen LogP contribution in [0.2, 0.25) is 0 Å². The lowest BCUT2D eigenvalue weighted by molar-refractivity contribution is -0.116. The smallest absolute Gasteiger partial charge is 0.224 e. The molecule has 0 bridgehead atoms. The monoisotopic (exact) mass is 508 g/mol.